The number of halogens is 2. The quantitative estimate of drug-likeness (QED) is 0.871. The summed E-state index contributed by atoms with van der Waals surface area (Å²) in [5.74, 6) is -1.16. The fourth-order valence-electron chi connectivity index (χ4n) is 2.33. The molecule has 1 heterocycles. The summed E-state index contributed by atoms with van der Waals surface area (Å²) in [6, 6.07) is 4.41. The van der Waals surface area contributed by atoms with Gasteiger partial charge in [0.1, 0.15) is 5.76 Å². The third-order valence-electron chi connectivity index (χ3n) is 3.35. The van der Waals surface area contributed by atoms with Crippen LogP contribution in [0.5, 0.6) is 0 Å². The SMILES string of the molecule is CCCNC(c1cc2ccc(F)c(F)c2o1)C(C)(C)C. The van der Waals surface area contributed by atoms with Crippen LogP contribution in [0.3, 0.4) is 0 Å². The Labute approximate surface area is 118 Å². The Morgan fingerprint density at radius 2 is 1.95 bits per heavy atom. The van der Waals surface area contributed by atoms with Crippen molar-refractivity contribution in [3.63, 3.8) is 0 Å². The number of fused-ring (bicyclic) bond motifs is 1. The van der Waals surface area contributed by atoms with E-state index in [4.69, 9.17) is 4.42 Å². The van der Waals surface area contributed by atoms with Crippen molar-refractivity contribution in [2.75, 3.05) is 6.54 Å². The summed E-state index contributed by atoms with van der Waals surface area (Å²) in [5.41, 5.74) is -0.0922. The summed E-state index contributed by atoms with van der Waals surface area (Å²) >= 11 is 0. The van der Waals surface area contributed by atoms with E-state index in [2.05, 4.69) is 33.0 Å². The second kappa shape index (κ2) is 5.52. The molecule has 0 fully saturated rings. The Morgan fingerprint density at radius 3 is 2.55 bits per heavy atom. The molecule has 2 rings (SSSR count). The van der Waals surface area contributed by atoms with E-state index in [1.54, 1.807) is 12.1 Å². The van der Waals surface area contributed by atoms with Gasteiger partial charge in [-0.1, -0.05) is 27.7 Å². The molecule has 0 radical (unpaired) electrons. The molecule has 1 atom stereocenters. The van der Waals surface area contributed by atoms with Crippen LogP contribution in [0.2, 0.25) is 0 Å². The zero-order valence-corrected chi connectivity index (χ0v) is 12.4. The highest BCUT2D eigenvalue weighted by Gasteiger charge is 2.29. The maximum atomic E-state index is 13.7. The molecule has 0 saturated carbocycles. The van der Waals surface area contributed by atoms with E-state index < -0.39 is 11.6 Å². The lowest BCUT2D eigenvalue weighted by Crippen LogP contribution is -2.32. The van der Waals surface area contributed by atoms with E-state index in [1.807, 2.05) is 0 Å². The van der Waals surface area contributed by atoms with Gasteiger partial charge in [0.2, 0.25) is 5.82 Å². The summed E-state index contributed by atoms with van der Waals surface area (Å²) in [6.45, 7) is 9.19. The molecule has 0 aliphatic heterocycles. The van der Waals surface area contributed by atoms with Crippen molar-refractivity contribution in [2.24, 2.45) is 5.41 Å². The van der Waals surface area contributed by atoms with Crippen molar-refractivity contribution in [1.29, 1.82) is 0 Å². The average Bonchev–Trinajstić information content (AvgIpc) is 2.77. The summed E-state index contributed by atoms with van der Waals surface area (Å²) in [7, 11) is 0. The van der Waals surface area contributed by atoms with E-state index in [9.17, 15) is 8.78 Å². The monoisotopic (exact) mass is 281 g/mol. The van der Waals surface area contributed by atoms with Crippen LogP contribution < -0.4 is 5.32 Å². The third kappa shape index (κ3) is 2.85. The van der Waals surface area contributed by atoms with Gasteiger partial charge in [-0.3, -0.25) is 0 Å². The molecule has 0 bridgehead atoms. The molecule has 1 aromatic carbocycles. The molecule has 110 valence electrons. The number of hydrogen-bond acceptors (Lipinski definition) is 2. The molecule has 2 nitrogen and oxygen atoms in total. The van der Waals surface area contributed by atoms with Crippen LogP contribution in [0.15, 0.2) is 22.6 Å². The van der Waals surface area contributed by atoms with Crippen molar-refractivity contribution in [1.82, 2.24) is 5.32 Å². The van der Waals surface area contributed by atoms with Gasteiger partial charge >= 0.3 is 0 Å². The summed E-state index contributed by atoms with van der Waals surface area (Å²) < 4.78 is 32.6. The van der Waals surface area contributed by atoms with Gasteiger partial charge in [-0.2, -0.15) is 4.39 Å². The third-order valence-corrected chi connectivity index (χ3v) is 3.35. The predicted molar refractivity (Wildman–Crippen MR) is 76.6 cm³/mol. The molecule has 0 spiro atoms. The zero-order chi connectivity index (χ0) is 14.9. The van der Waals surface area contributed by atoms with Crippen LogP contribution >= 0.6 is 0 Å². The molecule has 0 aliphatic carbocycles. The van der Waals surface area contributed by atoms with Crippen LogP contribution in [0.1, 0.15) is 45.9 Å². The highest BCUT2D eigenvalue weighted by molar-refractivity contribution is 5.78. The first-order valence-corrected chi connectivity index (χ1v) is 6.95. The van der Waals surface area contributed by atoms with Crippen LogP contribution in [0.4, 0.5) is 8.78 Å². The second-order valence-electron chi connectivity index (χ2n) is 6.18. The van der Waals surface area contributed by atoms with Gasteiger partial charge in [-0.05, 0) is 36.6 Å². The van der Waals surface area contributed by atoms with Crippen LogP contribution in [-0.2, 0) is 0 Å². The summed E-state index contributed by atoms with van der Waals surface area (Å²) in [6.07, 6.45) is 0.996. The molecule has 1 aromatic heterocycles. The summed E-state index contributed by atoms with van der Waals surface area (Å²) in [4.78, 5) is 0. The molecule has 1 unspecified atom stereocenters. The van der Waals surface area contributed by atoms with Gasteiger partial charge in [0.25, 0.3) is 0 Å². The van der Waals surface area contributed by atoms with Crippen molar-refractivity contribution in [3.8, 4) is 0 Å². The standard InChI is InChI=1S/C16H21F2NO/c1-5-8-19-15(16(2,3)4)12-9-10-6-7-11(17)13(18)14(10)20-12/h6-7,9,15,19H,5,8H2,1-4H3. The lowest BCUT2D eigenvalue weighted by atomic mass is 9.85. The largest absolute Gasteiger partial charge is 0.456 e. The van der Waals surface area contributed by atoms with Crippen LogP contribution in [0.25, 0.3) is 11.0 Å². The molecule has 4 heteroatoms. The van der Waals surface area contributed by atoms with Gasteiger partial charge in [0.15, 0.2) is 11.4 Å². The minimum atomic E-state index is -0.920. The van der Waals surface area contributed by atoms with Gasteiger partial charge in [0.05, 0.1) is 6.04 Å². The Balaban J connectivity index is 2.46. The molecule has 0 saturated heterocycles. The molecular formula is C16H21F2NO. The Kier molecular flexibility index (Phi) is 4.14. The fourth-order valence-corrected chi connectivity index (χ4v) is 2.33. The molecular weight excluding hydrogens is 260 g/mol. The van der Waals surface area contributed by atoms with Gasteiger partial charge in [0, 0.05) is 5.39 Å². The minimum absolute atomic E-state index is 0.00690. The normalized spacial score (nSPS) is 13.9. The Morgan fingerprint density at radius 1 is 1.25 bits per heavy atom. The Bertz CT molecular complexity index is 598. The number of benzene rings is 1. The molecule has 2 aromatic rings. The number of nitrogens with one attached hydrogen (secondary N) is 1. The van der Waals surface area contributed by atoms with E-state index in [0.717, 1.165) is 19.0 Å². The first-order valence-electron chi connectivity index (χ1n) is 6.95. The zero-order valence-electron chi connectivity index (χ0n) is 12.4. The first kappa shape index (κ1) is 15.0. The number of hydrogen-bond donors (Lipinski definition) is 1. The number of furan rings is 1. The van der Waals surface area contributed by atoms with Crippen LogP contribution in [-0.4, -0.2) is 6.54 Å². The van der Waals surface area contributed by atoms with E-state index >= 15 is 0 Å². The maximum Gasteiger partial charge on any atom is 0.201 e. The van der Waals surface area contributed by atoms with Crippen molar-refractivity contribution in [3.05, 3.63) is 35.6 Å². The van der Waals surface area contributed by atoms with Crippen LogP contribution in [0, 0.1) is 17.0 Å². The lowest BCUT2D eigenvalue weighted by Gasteiger charge is -2.29. The topological polar surface area (TPSA) is 25.2 Å². The van der Waals surface area contributed by atoms with Gasteiger partial charge in [-0.15, -0.1) is 0 Å². The van der Waals surface area contributed by atoms with Gasteiger partial charge in [-0.25, -0.2) is 4.39 Å². The van der Waals surface area contributed by atoms with E-state index in [0.29, 0.717) is 11.1 Å². The second-order valence-corrected chi connectivity index (χ2v) is 6.18. The first-order chi connectivity index (χ1) is 9.34. The lowest BCUT2D eigenvalue weighted by molar-refractivity contribution is 0.241. The van der Waals surface area contributed by atoms with Crippen molar-refractivity contribution < 1.29 is 13.2 Å². The Hall–Kier alpha value is -1.42. The van der Waals surface area contributed by atoms with Crippen molar-refractivity contribution >= 4 is 11.0 Å². The minimum Gasteiger partial charge on any atom is -0.456 e. The molecule has 20 heavy (non-hydrogen) atoms. The van der Waals surface area contributed by atoms with Crippen molar-refractivity contribution in [2.45, 2.75) is 40.2 Å². The van der Waals surface area contributed by atoms with E-state index in [1.165, 1.54) is 0 Å². The molecule has 0 amide bonds. The average molecular weight is 281 g/mol. The highest BCUT2D eigenvalue weighted by Crippen LogP contribution is 2.36. The van der Waals surface area contributed by atoms with Gasteiger partial charge < -0.3 is 9.73 Å². The maximum absolute atomic E-state index is 13.7. The fraction of sp³-hybridized carbons (Fsp3) is 0.500. The summed E-state index contributed by atoms with van der Waals surface area (Å²) in [5, 5.41) is 4.00. The molecule has 1 N–H and O–H groups in total. The molecule has 0 aliphatic rings. The highest BCUT2D eigenvalue weighted by atomic mass is 19.2. The van der Waals surface area contributed by atoms with E-state index in [-0.39, 0.29) is 17.0 Å². The predicted octanol–water partition coefficient (Wildman–Crippen LogP) is 4.80. The number of rotatable bonds is 4. The smallest absolute Gasteiger partial charge is 0.201 e.